The first-order chi connectivity index (χ1) is 9.79. The highest BCUT2D eigenvalue weighted by Crippen LogP contribution is 2.21. The number of nitriles is 1. The number of benzene rings is 1. The Morgan fingerprint density at radius 3 is 2.70 bits per heavy atom. The van der Waals surface area contributed by atoms with E-state index in [0.717, 1.165) is 5.56 Å². The van der Waals surface area contributed by atoms with E-state index in [-0.39, 0.29) is 10.8 Å². The third kappa shape index (κ3) is 2.11. The molecule has 0 aliphatic carbocycles. The van der Waals surface area contributed by atoms with Crippen LogP contribution in [0.2, 0.25) is 5.02 Å². The van der Waals surface area contributed by atoms with Crippen LogP contribution >= 0.6 is 11.6 Å². The molecule has 2 heterocycles. The molecule has 1 aromatic carbocycles. The molecule has 0 unspecified atom stereocenters. The molecule has 0 fully saturated rings. The van der Waals surface area contributed by atoms with Crippen LogP contribution in [0.5, 0.6) is 0 Å². The smallest absolute Gasteiger partial charge is 0.205 e. The van der Waals surface area contributed by atoms with E-state index in [1.165, 1.54) is 17.1 Å². The number of hydrogen-bond donors (Lipinski definition) is 0. The van der Waals surface area contributed by atoms with Crippen molar-refractivity contribution >= 4 is 11.6 Å². The summed E-state index contributed by atoms with van der Waals surface area (Å²) in [6.07, 6.45) is 1.48. The summed E-state index contributed by atoms with van der Waals surface area (Å²) in [7, 11) is 0. The molecule has 0 saturated heterocycles. The van der Waals surface area contributed by atoms with Crippen molar-refractivity contribution in [1.82, 2.24) is 25.2 Å². The predicted octanol–water partition coefficient (Wildman–Crippen LogP) is 2.25. The van der Waals surface area contributed by atoms with E-state index in [1.54, 1.807) is 0 Å². The number of hydrogen-bond acceptors (Lipinski definition) is 5. The van der Waals surface area contributed by atoms with Gasteiger partial charge in [0.15, 0.2) is 5.82 Å². The Balaban J connectivity index is 2.06. The first-order valence-corrected chi connectivity index (χ1v) is 6.08. The second-order valence-corrected chi connectivity index (χ2v) is 4.25. The van der Waals surface area contributed by atoms with Gasteiger partial charge in [0.25, 0.3) is 0 Å². The molecule has 6 nitrogen and oxygen atoms in total. The van der Waals surface area contributed by atoms with Crippen molar-refractivity contribution in [1.29, 1.82) is 5.26 Å². The SMILES string of the molecule is N#Cc1ccnc(-n2nnc(-c3ccccc3)n2)c1Cl. The number of halogens is 1. The second-order valence-electron chi connectivity index (χ2n) is 3.88. The first kappa shape index (κ1) is 12.3. The van der Waals surface area contributed by atoms with Crippen molar-refractivity contribution in [3.05, 3.63) is 53.2 Å². The molecule has 0 bridgehead atoms. The van der Waals surface area contributed by atoms with Crippen molar-refractivity contribution in [3.8, 4) is 23.3 Å². The average molecular weight is 283 g/mol. The van der Waals surface area contributed by atoms with Crippen molar-refractivity contribution in [3.63, 3.8) is 0 Å². The zero-order valence-electron chi connectivity index (χ0n) is 10.1. The van der Waals surface area contributed by atoms with Crippen LogP contribution < -0.4 is 0 Å². The Labute approximate surface area is 119 Å². The summed E-state index contributed by atoms with van der Waals surface area (Å²) in [4.78, 5) is 5.29. The van der Waals surface area contributed by atoms with E-state index >= 15 is 0 Å². The maximum absolute atomic E-state index is 8.95. The summed E-state index contributed by atoms with van der Waals surface area (Å²) in [6, 6.07) is 12.9. The number of nitrogens with zero attached hydrogens (tertiary/aromatic N) is 6. The van der Waals surface area contributed by atoms with Crippen molar-refractivity contribution in [2.24, 2.45) is 0 Å². The molecule has 3 aromatic rings. The lowest BCUT2D eigenvalue weighted by molar-refractivity contribution is 0.700. The largest absolute Gasteiger partial charge is 0.234 e. The molecule has 0 aliphatic heterocycles. The lowest BCUT2D eigenvalue weighted by atomic mass is 10.2. The maximum atomic E-state index is 8.95. The molecule has 0 atom stereocenters. The van der Waals surface area contributed by atoms with Gasteiger partial charge in [-0.05, 0) is 11.3 Å². The fourth-order valence-corrected chi connectivity index (χ4v) is 1.89. The van der Waals surface area contributed by atoms with Crippen LogP contribution in [0.15, 0.2) is 42.6 Å². The zero-order valence-corrected chi connectivity index (χ0v) is 10.9. The molecule has 0 radical (unpaired) electrons. The molecule has 7 heteroatoms. The molecule has 0 N–H and O–H groups in total. The summed E-state index contributed by atoms with van der Waals surface area (Å²) in [5, 5.41) is 21.2. The van der Waals surface area contributed by atoms with Crippen LogP contribution in [0, 0.1) is 11.3 Å². The second kappa shape index (κ2) is 5.07. The molecular weight excluding hydrogens is 276 g/mol. The minimum atomic E-state index is 0.201. The first-order valence-electron chi connectivity index (χ1n) is 5.70. The quantitative estimate of drug-likeness (QED) is 0.720. The van der Waals surface area contributed by atoms with Gasteiger partial charge in [-0.1, -0.05) is 41.9 Å². The van der Waals surface area contributed by atoms with Gasteiger partial charge in [-0.25, -0.2) is 4.98 Å². The van der Waals surface area contributed by atoms with Gasteiger partial charge in [-0.2, -0.15) is 5.26 Å². The van der Waals surface area contributed by atoms with E-state index in [0.29, 0.717) is 11.4 Å². The standard InChI is InChI=1S/C13H7ClN6/c14-11-10(8-15)6-7-16-13(11)20-18-12(17-19-20)9-4-2-1-3-5-9/h1-7H. The summed E-state index contributed by atoms with van der Waals surface area (Å²) in [5.41, 5.74) is 1.15. The van der Waals surface area contributed by atoms with Gasteiger partial charge in [0.05, 0.1) is 5.56 Å². The van der Waals surface area contributed by atoms with Crippen LogP contribution in [-0.2, 0) is 0 Å². The van der Waals surface area contributed by atoms with Gasteiger partial charge in [-0.3, -0.25) is 0 Å². The third-order valence-corrected chi connectivity index (χ3v) is 3.00. The molecule has 2 aromatic heterocycles. The van der Waals surface area contributed by atoms with Crippen LogP contribution in [0.25, 0.3) is 17.2 Å². The van der Waals surface area contributed by atoms with Gasteiger partial charge in [-0.15, -0.1) is 15.0 Å². The van der Waals surface area contributed by atoms with E-state index in [9.17, 15) is 0 Å². The number of tetrazole rings is 1. The average Bonchev–Trinajstić information content (AvgIpc) is 2.98. The summed E-state index contributed by atoms with van der Waals surface area (Å²) >= 11 is 6.09. The van der Waals surface area contributed by atoms with Gasteiger partial charge in [0, 0.05) is 11.8 Å². The molecule has 96 valence electrons. The van der Waals surface area contributed by atoms with Crippen molar-refractivity contribution < 1.29 is 0 Å². The lowest BCUT2D eigenvalue weighted by Crippen LogP contribution is -2.03. The summed E-state index contributed by atoms with van der Waals surface area (Å²) in [6.45, 7) is 0. The minimum Gasteiger partial charge on any atom is -0.234 e. The molecule has 0 spiro atoms. The van der Waals surface area contributed by atoms with E-state index in [1.807, 2.05) is 36.4 Å². The van der Waals surface area contributed by atoms with Crippen LogP contribution in [0.4, 0.5) is 0 Å². The minimum absolute atomic E-state index is 0.201. The highest BCUT2D eigenvalue weighted by molar-refractivity contribution is 6.33. The molecule has 0 amide bonds. The van der Waals surface area contributed by atoms with E-state index in [2.05, 4.69) is 20.4 Å². The number of rotatable bonds is 2. The van der Waals surface area contributed by atoms with Crippen LogP contribution in [0.1, 0.15) is 5.56 Å². The Morgan fingerprint density at radius 2 is 1.95 bits per heavy atom. The normalized spacial score (nSPS) is 10.2. The van der Waals surface area contributed by atoms with Crippen LogP contribution in [0.3, 0.4) is 0 Å². The van der Waals surface area contributed by atoms with Gasteiger partial charge >= 0.3 is 0 Å². The lowest BCUT2D eigenvalue weighted by Gasteiger charge is -2.01. The fourth-order valence-electron chi connectivity index (χ4n) is 1.67. The van der Waals surface area contributed by atoms with Gasteiger partial charge < -0.3 is 0 Å². The third-order valence-electron chi connectivity index (χ3n) is 2.63. The topological polar surface area (TPSA) is 80.3 Å². The summed E-state index contributed by atoms with van der Waals surface area (Å²) < 4.78 is 0. The molecule has 0 aliphatic rings. The highest BCUT2D eigenvalue weighted by atomic mass is 35.5. The number of pyridine rings is 1. The van der Waals surface area contributed by atoms with E-state index < -0.39 is 0 Å². The van der Waals surface area contributed by atoms with Crippen LogP contribution in [-0.4, -0.2) is 25.2 Å². The zero-order chi connectivity index (χ0) is 13.9. The maximum Gasteiger partial charge on any atom is 0.205 e. The number of aromatic nitrogens is 5. The fraction of sp³-hybridized carbons (Fsp3) is 0. The Morgan fingerprint density at radius 1 is 1.15 bits per heavy atom. The Kier molecular flexibility index (Phi) is 3.11. The molecular formula is C13H7ClN6. The molecule has 20 heavy (non-hydrogen) atoms. The highest BCUT2D eigenvalue weighted by Gasteiger charge is 2.13. The monoisotopic (exact) mass is 282 g/mol. The van der Waals surface area contributed by atoms with E-state index in [4.69, 9.17) is 16.9 Å². The molecule has 3 rings (SSSR count). The summed E-state index contributed by atoms with van der Waals surface area (Å²) in [5.74, 6) is 0.742. The Hall–Kier alpha value is -2.78. The van der Waals surface area contributed by atoms with Crippen molar-refractivity contribution in [2.75, 3.05) is 0 Å². The van der Waals surface area contributed by atoms with Gasteiger partial charge in [0.1, 0.15) is 11.1 Å². The Bertz CT molecular complexity index is 790. The van der Waals surface area contributed by atoms with Gasteiger partial charge in [0.2, 0.25) is 5.82 Å². The predicted molar refractivity (Wildman–Crippen MR) is 72.1 cm³/mol. The molecule has 0 saturated carbocycles. The van der Waals surface area contributed by atoms with Crippen molar-refractivity contribution in [2.45, 2.75) is 0 Å².